The van der Waals surface area contributed by atoms with E-state index in [1.54, 1.807) is 6.20 Å². The van der Waals surface area contributed by atoms with Gasteiger partial charge in [-0.05, 0) is 34.4 Å². The summed E-state index contributed by atoms with van der Waals surface area (Å²) in [4.78, 5) is 6.65. The summed E-state index contributed by atoms with van der Waals surface area (Å²) < 4.78 is 1.84. The first-order valence-electron chi connectivity index (χ1n) is 9.04. The van der Waals surface area contributed by atoms with Crippen molar-refractivity contribution in [1.29, 1.82) is 0 Å². The Morgan fingerprint density at radius 2 is 2.00 bits per heavy atom. The number of hydrogen-bond donors (Lipinski definition) is 1. The van der Waals surface area contributed by atoms with E-state index in [-0.39, 0.29) is 12.5 Å². The average molecular weight is 348 g/mol. The van der Waals surface area contributed by atoms with Crippen LogP contribution in [0.25, 0.3) is 11.1 Å². The molecule has 5 nitrogen and oxygen atoms in total. The number of nitrogens with zero attached hydrogens (tertiary/aromatic N) is 4. The van der Waals surface area contributed by atoms with Crippen molar-refractivity contribution in [3.05, 3.63) is 72.3 Å². The molecule has 26 heavy (non-hydrogen) atoms. The molecule has 0 aliphatic carbocycles. The monoisotopic (exact) mass is 348 g/mol. The third kappa shape index (κ3) is 3.54. The van der Waals surface area contributed by atoms with Gasteiger partial charge >= 0.3 is 0 Å². The van der Waals surface area contributed by atoms with Crippen LogP contribution in [0.2, 0.25) is 0 Å². The zero-order chi connectivity index (χ0) is 17.9. The van der Waals surface area contributed by atoms with Crippen molar-refractivity contribution in [2.24, 2.45) is 13.0 Å². The maximum absolute atomic E-state index is 9.82. The quantitative estimate of drug-likeness (QED) is 0.770. The van der Waals surface area contributed by atoms with Gasteiger partial charge in [-0.3, -0.25) is 14.6 Å². The maximum Gasteiger partial charge on any atom is 0.0525 e. The molecule has 1 fully saturated rings. The van der Waals surface area contributed by atoms with Crippen molar-refractivity contribution >= 4 is 0 Å². The van der Waals surface area contributed by atoms with Gasteiger partial charge in [0, 0.05) is 63.7 Å². The second-order valence-corrected chi connectivity index (χ2v) is 7.13. The largest absolute Gasteiger partial charge is 0.396 e. The second-order valence-electron chi connectivity index (χ2n) is 7.13. The molecule has 1 aliphatic heterocycles. The van der Waals surface area contributed by atoms with Gasteiger partial charge in [0.05, 0.1) is 6.20 Å². The van der Waals surface area contributed by atoms with Gasteiger partial charge in [-0.2, -0.15) is 5.10 Å². The Kier molecular flexibility index (Phi) is 4.82. The van der Waals surface area contributed by atoms with Crippen molar-refractivity contribution in [3.8, 4) is 11.1 Å². The predicted molar refractivity (Wildman–Crippen MR) is 101 cm³/mol. The summed E-state index contributed by atoms with van der Waals surface area (Å²) in [6, 6.07) is 12.7. The Balaban J connectivity index is 1.49. The van der Waals surface area contributed by atoms with Crippen molar-refractivity contribution in [2.45, 2.75) is 12.5 Å². The third-order valence-electron chi connectivity index (χ3n) is 5.23. The number of aliphatic hydroxyl groups is 1. The SMILES string of the molecule is Cn1cc([C@@H]2CN(Cc3cccc(-c4cccnc4)c3)C[C@H]2CO)cn1. The minimum atomic E-state index is 0.214. The minimum absolute atomic E-state index is 0.214. The second kappa shape index (κ2) is 7.40. The van der Waals surface area contributed by atoms with E-state index in [0.29, 0.717) is 5.92 Å². The standard InChI is InChI=1S/C21H24N4O/c1-24-12-19(10-23-24)21-14-25(13-20(21)15-26)11-16-4-2-5-17(8-16)18-6-3-7-22-9-18/h2-10,12,20-21,26H,11,13-15H2,1H3/t20-,21-/m0/s1. The zero-order valence-electron chi connectivity index (χ0n) is 15.0. The number of aryl methyl sites for hydroxylation is 1. The molecule has 1 N–H and O–H groups in total. The Bertz CT molecular complexity index is 861. The van der Waals surface area contributed by atoms with E-state index in [1.165, 1.54) is 16.7 Å². The molecule has 1 aliphatic rings. The lowest BCUT2D eigenvalue weighted by atomic mass is 9.92. The van der Waals surface area contributed by atoms with Gasteiger partial charge in [-0.1, -0.05) is 24.3 Å². The number of pyridine rings is 1. The summed E-state index contributed by atoms with van der Waals surface area (Å²) in [5.74, 6) is 0.607. The van der Waals surface area contributed by atoms with Gasteiger partial charge in [-0.15, -0.1) is 0 Å². The topological polar surface area (TPSA) is 54.2 Å². The van der Waals surface area contributed by atoms with E-state index in [1.807, 2.05) is 30.2 Å². The predicted octanol–water partition coefficient (Wildman–Crippen LogP) is 2.69. The highest BCUT2D eigenvalue weighted by Crippen LogP contribution is 2.33. The molecule has 3 aromatic rings. The van der Waals surface area contributed by atoms with Gasteiger partial charge in [0.1, 0.15) is 0 Å². The number of aliphatic hydroxyl groups excluding tert-OH is 1. The molecule has 0 amide bonds. The first-order chi connectivity index (χ1) is 12.7. The highest BCUT2D eigenvalue weighted by molar-refractivity contribution is 5.62. The summed E-state index contributed by atoms with van der Waals surface area (Å²) in [5.41, 5.74) is 4.84. The van der Waals surface area contributed by atoms with Gasteiger partial charge in [-0.25, -0.2) is 0 Å². The summed E-state index contributed by atoms with van der Waals surface area (Å²) in [5, 5.41) is 14.1. The number of aromatic nitrogens is 3. The molecular formula is C21H24N4O. The molecule has 0 saturated carbocycles. The van der Waals surface area contributed by atoms with Crippen LogP contribution in [-0.2, 0) is 13.6 Å². The maximum atomic E-state index is 9.82. The van der Waals surface area contributed by atoms with E-state index in [4.69, 9.17) is 0 Å². The van der Waals surface area contributed by atoms with Crippen LogP contribution in [0.5, 0.6) is 0 Å². The van der Waals surface area contributed by atoms with Gasteiger partial charge in [0.15, 0.2) is 0 Å². The third-order valence-corrected chi connectivity index (χ3v) is 5.23. The van der Waals surface area contributed by atoms with E-state index in [9.17, 15) is 5.11 Å². The Labute approximate surface area is 153 Å². The van der Waals surface area contributed by atoms with E-state index < -0.39 is 0 Å². The van der Waals surface area contributed by atoms with Crippen molar-refractivity contribution in [2.75, 3.05) is 19.7 Å². The normalized spacial score (nSPS) is 20.5. The highest BCUT2D eigenvalue weighted by Gasteiger charge is 2.33. The molecule has 0 bridgehead atoms. The van der Waals surface area contributed by atoms with Gasteiger partial charge in [0.25, 0.3) is 0 Å². The lowest BCUT2D eigenvalue weighted by molar-refractivity contribution is 0.214. The molecule has 0 radical (unpaired) electrons. The first-order valence-corrected chi connectivity index (χ1v) is 9.04. The molecule has 2 atom stereocenters. The lowest BCUT2D eigenvalue weighted by Crippen LogP contribution is -2.20. The van der Waals surface area contributed by atoms with Gasteiger partial charge in [0.2, 0.25) is 0 Å². The van der Waals surface area contributed by atoms with Crippen molar-refractivity contribution in [1.82, 2.24) is 19.7 Å². The molecule has 4 rings (SSSR count). The van der Waals surface area contributed by atoms with Gasteiger partial charge < -0.3 is 5.11 Å². The van der Waals surface area contributed by atoms with Crippen LogP contribution in [0.3, 0.4) is 0 Å². The van der Waals surface area contributed by atoms with Crippen LogP contribution in [0.15, 0.2) is 61.2 Å². The van der Waals surface area contributed by atoms with Crippen LogP contribution < -0.4 is 0 Å². The molecule has 5 heteroatoms. The molecule has 3 heterocycles. The summed E-state index contributed by atoms with van der Waals surface area (Å²) in [7, 11) is 1.94. The fourth-order valence-corrected chi connectivity index (χ4v) is 3.92. The molecule has 134 valence electrons. The molecular weight excluding hydrogens is 324 g/mol. The van der Waals surface area contributed by atoms with Crippen molar-refractivity contribution in [3.63, 3.8) is 0 Å². The molecule has 0 spiro atoms. The fourth-order valence-electron chi connectivity index (χ4n) is 3.92. The smallest absolute Gasteiger partial charge is 0.0525 e. The number of likely N-dealkylation sites (tertiary alicyclic amines) is 1. The van der Waals surface area contributed by atoms with Crippen LogP contribution in [0, 0.1) is 5.92 Å². The minimum Gasteiger partial charge on any atom is -0.396 e. The molecule has 2 aromatic heterocycles. The number of benzene rings is 1. The molecule has 1 saturated heterocycles. The summed E-state index contributed by atoms with van der Waals surface area (Å²) in [6.45, 7) is 2.97. The summed E-state index contributed by atoms with van der Waals surface area (Å²) in [6.07, 6.45) is 7.69. The fraction of sp³-hybridized carbons (Fsp3) is 0.333. The van der Waals surface area contributed by atoms with Crippen LogP contribution in [0.4, 0.5) is 0 Å². The number of hydrogen-bond acceptors (Lipinski definition) is 4. The summed E-state index contributed by atoms with van der Waals surface area (Å²) >= 11 is 0. The first kappa shape index (κ1) is 16.9. The Morgan fingerprint density at radius 3 is 2.73 bits per heavy atom. The molecule has 1 aromatic carbocycles. The average Bonchev–Trinajstić information content (AvgIpc) is 3.28. The van der Waals surface area contributed by atoms with Crippen LogP contribution >= 0.6 is 0 Å². The van der Waals surface area contributed by atoms with E-state index in [0.717, 1.165) is 25.2 Å². The lowest BCUT2D eigenvalue weighted by Gasteiger charge is -2.16. The van der Waals surface area contributed by atoms with Crippen LogP contribution in [0.1, 0.15) is 17.0 Å². The Morgan fingerprint density at radius 1 is 1.12 bits per heavy atom. The highest BCUT2D eigenvalue weighted by atomic mass is 16.3. The number of rotatable bonds is 5. The van der Waals surface area contributed by atoms with Crippen molar-refractivity contribution < 1.29 is 5.11 Å². The zero-order valence-corrected chi connectivity index (χ0v) is 15.0. The van der Waals surface area contributed by atoms with Crippen LogP contribution in [-0.4, -0.2) is 44.5 Å². The van der Waals surface area contributed by atoms with E-state index >= 15 is 0 Å². The van der Waals surface area contributed by atoms with E-state index in [2.05, 4.69) is 51.5 Å². The Hall–Kier alpha value is -2.50. The molecule has 0 unspecified atom stereocenters.